The van der Waals surface area contributed by atoms with Crippen molar-refractivity contribution in [1.29, 1.82) is 0 Å². The highest BCUT2D eigenvalue weighted by Crippen LogP contribution is 2.34. The van der Waals surface area contributed by atoms with Gasteiger partial charge in [0.05, 0.1) is 7.11 Å². The van der Waals surface area contributed by atoms with E-state index in [4.69, 9.17) is 32.7 Å². The number of likely N-dealkylation sites (N-methyl/N-ethyl adjacent to an activating group) is 1. The standard InChI is InChI=1S/C21H28Cl2N2O2/c1-4-25(5-2)11-10-24-14-17-12-20(26-3)21(13-19(17)23)27-15-16-6-8-18(22)9-7-16/h6-9,12-13,24H,4-5,10-11,14-15H2,1-3H3. The van der Waals surface area contributed by atoms with Crippen molar-refractivity contribution in [2.45, 2.75) is 27.0 Å². The molecule has 0 spiro atoms. The average molecular weight is 411 g/mol. The van der Waals surface area contributed by atoms with E-state index in [0.29, 0.717) is 34.7 Å². The number of halogens is 2. The lowest BCUT2D eigenvalue weighted by molar-refractivity contribution is 0.284. The highest BCUT2D eigenvalue weighted by atomic mass is 35.5. The van der Waals surface area contributed by atoms with Gasteiger partial charge in [0.2, 0.25) is 0 Å². The first-order chi connectivity index (χ1) is 13.1. The Bertz CT molecular complexity index is 704. The molecule has 6 heteroatoms. The van der Waals surface area contributed by atoms with Gasteiger partial charge in [-0.2, -0.15) is 0 Å². The van der Waals surface area contributed by atoms with Crippen LogP contribution in [0.2, 0.25) is 10.0 Å². The molecule has 0 radical (unpaired) electrons. The Hall–Kier alpha value is -1.46. The largest absolute Gasteiger partial charge is 0.493 e. The fourth-order valence-electron chi connectivity index (χ4n) is 2.73. The monoisotopic (exact) mass is 410 g/mol. The molecule has 0 heterocycles. The van der Waals surface area contributed by atoms with Crippen LogP contribution in [0.3, 0.4) is 0 Å². The van der Waals surface area contributed by atoms with Crippen LogP contribution < -0.4 is 14.8 Å². The van der Waals surface area contributed by atoms with Crippen molar-refractivity contribution in [3.63, 3.8) is 0 Å². The molecule has 0 amide bonds. The molecule has 0 aliphatic rings. The lowest BCUT2D eigenvalue weighted by Crippen LogP contribution is -2.31. The van der Waals surface area contributed by atoms with Gasteiger partial charge in [0.1, 0.15) is 6.61 Å². The van der Waals surface area contributed by atoms with Gasteiger partial charge in [-0.3, -0.25) is 0 Å². The summed E-state index contributed by atoms with van der Waals surface area (Å²) in [6, 6.07) is 11.3. The number of benzene rings is 2. The van der Waals surface area contributed by atoms with Crippen LogP contribution in [-0.2, 0) is 13.2 Å². The zero-order valence-electron chi connectivity index (χ0n) is 16.2. The maximum atomic E-state index is 6.45. The van der Waals surface area contributed by atoms with Gasteiger partial charge < -0.3 is 19.7 Å². The van der Waals surface area contributed by atoms with Crippen molar-refractivity contribution in [3.8, 4) is 11.5 Å². The molecule has 0 aliphatic carbocycles. The molecule has 2 aromatic carbocycles. The van der Waals surface area contributed by atoms with Crippen molar-refractivity contribution in [2.75, 3.05) is 33.3 Å². The quantitative estimate of drug-likeness (QED) is 0.527. The van der Waals surface area contributed by atoms with Crippen molar-refractivity contribution < 1.29 is 9.47 Å². The van der Waals surface area contributed by atoms with Gasteiger partial charge in [0.25, 0.3) is 0 Å². The third-order valence-electron chi connectivity index (χ3n) is 4.45. The minimum absolute atomic E-state index is 0.422. The van der Waals surface area contributed by atoms with Crippen LogP contribution >= 0.6 is 23.2 Å². The van der Waals surface area contributed by atoms with Crippen LogP contribution in [0.15, 0.2) is 36.4 Å². The van der Waals surface area contributed by atoms with Gasteiger partial charge in [-0.15, -0.1) is 0 Å². The van der Waals surface area contributed by atoms with Gasteiger partial charge >= 0.3 is 0 Å². The molecule has 148 valence electrons. The van der Waals surface area contributed by atoms with E-state index < -0.39 is 0 Å². The summed E-state index contributed by atoms with van der Waals surface area (Å²) < 4.78 is 11.4. The zero-order valence-corrected chi connectivity index (χ0v) is 17.7. The second-order valence-corrected chi connectivity index (χ2v) is 7.06. The predicted molar refractivity (Wildman–Crippen MR) is 113 cm³/mol. The minimum atomic E-state index is 0.422. The SMILES string of the molecule is CCN(CC)CCNCc1cc(OC)c(OCc2ccc(Cl)cc2)cc1Cl. The highest BCUT2D eigenvalue weighted by Gasteiger charge is 2.11. The summed E-state index contributed by atoms with van der Waals surface area (Å²) in [5.41, 5.74) is 2.02. The number of rotatable bonds is 11. The molecule has 2 rings (SSSR count). The maximum Gasteiger partial charge on any atom is 0.163 e. The van der Waals surface area contributed by atoms with Gasteiger partial charge in [-0.1, -0.05) is 49.2 Å². The zero-order chi connectivity index (χ0) is 19.6. The Morgan fingerprint density at radius 2 is 1.70 bits per heavy atom. The molecular weight excluding hydrogens is 383 g/mol. The summed E-state index contributed by atoms with van der Waals surface area (Å²) in [6.45, 7) is 9.51. The smallest absolute Gasteiger partial charge is 0.163 e. The van der Waals surface area contributed by atoms with Crippen LogP contribution in [0, 0.1) is 0 Å². The number of methoxy groups -OCH3 is 1. The van der Waals surface area contributed by atoms with Crippen LogP contribution in [0.5, 0.6) is 11.5 Å². The molecule has 2 aromatic rings. The van der Waals surface area contributed by atoms with Crippen LogP contribution in [0.4, 0.5) is 0 Å². The number of hydrogen-bond acceptors (Lipinski definition) is 4. The number of hydrogen-bond donors (Lipinski definition) is 1. The lowest BCUT2D eigenvalue weighted by Gasteiger charge is -2.18. The third kappa shape index (κ3) is 6.89. The summed E-state index contributed by atoms with van der Waals surface area (Å²) in [6.07, 6.45) is 0. The van der Waals surface area contributed by atoms with Gasteiger partial charge in [-0.25, -0.2) is 0 Å². The molecule has 0 saturated heterocycles. The Morgan fingerprint density at radius 1 is 1.00 bits per heavy atom. The fraction of sp³-hybridized carbons (Fsp3) is 0.429. The van der Waals surface area contributed by atoms with Crippen LogP contribution in [0.25, 0.3) is 0 Å². The molecule has 0 unspecified atom stereocenters. The van der Waals surface area contributed by atoms with E-state index in [0.717, 1.165) is 37.3 Å². The normalized spacial score (nSPS) is 11.0. The minimum Gasteiger partial charge on any atom is -0.493 e. The maximum absolute atomic E-state index is 6.45. The first-order valence-corrected chi connectivity index (χ1v) is 9.99. The predicted octanol–water partition coefficient (Wildman–Crippen LogP) is 5.01. The van der Waals surface area contributed by atoms with Crippen molar-refractivity contribution in [3.05, 3.63) is 57.6 Å². The molecule has 27 heavy (non-hydrogen) atoms. The van der Waals surface area contributed by atoms with E-state index in [9.17, 15) is 0 Å². The van der Waals surface area contributed by atoms with E-state index in [1.807, 2.05) is 36.4 Å². The number of nitrogens with one attached hydrogen (secondary N) is 1. The number of ether oxygens (including phenoxy) is 2. The van der Waals surface area contributed by atoms with E-state index in [1.54, 1.807) is 7.11 Å². The Balaban J connectivity index is 1.95. The molecule has 1 N–H and O–H groups in total. The Labute approximate surface area is 172 Å². The van der Waals surface area contributed by atoms with Gasteiger partial charge in [0, 0.05) is 35.7 Å². The van der Waals surface area contributed by atoms with Crippen molar-refractivity contribution in [2.24, 2.45) is 0 Å². The van der Waals surface area contributed by atoms with Crippen LogP contribution in [0.1, 0.15) is 25.0 Å². The summed E-state index contributed by atoms with van der Waals surface area (Å²) in [5.74, 6) is 1.30. The molecule has 0 aliphatic heterocycles. The van der Waals surface area contributed by atoms with E-state index in [1.165, 1.54) is 0 Å². The number of nitrogens with zero attached hydrogens (tertiary/aromatic N) is 1. The highest BCUT2D eigenvalue weighted by molar-refractivity contribution is 6.31. The van der Waals surface area contributed by atoms with E-state index in [2.05, 4.69) is 24.1 Å². The first kappa shape index (κ1) is 21.8. The molecule has 4 nitrogen and oxygen atoms in total. The molecule has 0 fully saturated rings. The van der Waals surface area contributed by atoms with Gasteiger partial charge in [0.15, 0.2) is 11.5 Å². The Morgan fingerprint density at radius 3 is 2.33 bits per heavy atom. The average Bonchev–Trinajstić information content (AvgIpc) is 2.68. The molecule has 0 saturated carbocycles. The van der Waals surface area contributed by atoms with E-state index >= 15 is 0 Å². The molecule has 0 aromatic heterocycles. The Kier molecular flexibility index (Phi) is 9.22. The molecule has 0 atom stereocenters. The topological polar surface area (TPSA) is 33.7 Å². The summed E-state index contributed by atoms with van der Waals surface area (Å²) >= 11 is 12.4. The van der Waals surface area contributed by atoms with Crippen molar-refractivity contribution >= 4 is 23.2 Å². The van der Waals surface area contributed by atoms with Crippen LogP contribution in [-0.4, -0.2) is 38.2 Å². The van der Waals surface area contributed by atoms with Crippen molar-refractivity contribution in [1.82, 2.24) is 10.2 Å². The fourth-order valence-corrected chi connectivity index (χ4v) is 3.07. The summed E-state index contributed by atoms with van der Waals surface area (Å²) in [7, 11) is 1.63. The first-order valence-electron chi connectivity index (χ1n) is 9.24. The van der Waals surface area contributed by atoms with Gasteiger partial charge in [-0.05, 0) is 42.4 Å². The van der Waals surface area contributed by atoms with E-state index in [-0.39, 0.29) is 0 Å². The summed E-state index contributed by atoms with van der Waals surface area (Å²) in [4.78, 5) is 2.38. The molecule has 0 bridgehead atoms. The molecular formula is C21H28Cl2N2O2. The second-order valence-electron chi connectivity index (χ2n) is 6.21. The third-order valence-corrected chi connectivity index (χ3v) is 5.06. The lowest BCUT2D eigenvalue weighted by atomic mass is 10.2. The summed E-state index contributed by atoms with van der Waals surface area (Å²) in [5, 5.41) is 4.81. The second kappa shape index (κ2) is 11.4.